The fourth-order valence-electron chi connectivity index (χ4n) is 6.24. The van der Waals surface area contributed by atoms with Crippen LogP contribution in [0.5, 0.6) is 0 Å². The second kappa shape index (κ2) is 10.4. The Kier molecular flexibility index (Phi) is 6.50. The molecule has 0 spiro atoms. The van der Waals surface area contributed by atoms with Crippen molar-refractivity contribution in [1.29, 1.82) is 0 Å². The van der Waals surface area contributed by atoms with Crippen molar-refractivity contribution < 1.29 is 0 Å². The number of aromatic amines is 2. The predicted molar refractivity (Wildman–Crippen MR) is 158 cm³/mol. The largest absolute Gasteiger partial charge is 0.367 e. The summed E-state index contributed by atoms with van der Waals surface area (Å²) in [7, 11) is 2.18. The zero-order valence-electron chi connectivity index (χ0n) is 22.6. The van der Waals surface area contributed by atoms with E-state index in [9.17, 15) is 0 Å². The van der Waals surface area contributed by atoms with Crippen LogP contribution < -0.4 is 10.2 Å². The molecule has 2 aliphatic rings. The van der Waals surface area contributed by atoms with Crippen LogP contribution in [0.4, 0.5) is 5.69 Å². The number of hydrogen-bond donors (Lipinski definition) is 3. The molecule has 0 radical (unpaired) electrons. The first kappa shape index (κ1) is 24.3. The molecule has 0 amide bonds. The Morgan fingerprint density at radius 2 is 1.72 bits per heavy atom. The highest BCUT2D eigenvalue weighted by Crippen LogP contribution is 2.34. The van der Waals surface area contributed by atoms with Gasteiger partial charge < -0.3 is 20.1 Å². The molecule has 7 rings (SSSR count). The zero-order valence-corrected chi connectivity index (χ0v) is 22.6. The van der Waals surface area contributed by atoms with Crippen LogP contribution in [0, 0.1) is 5.92 Å². The lowest BCUT2D eigenvalue weighted by molar-refractivity contribution is 0.313. The Labute approximate surface area is 228 Å². The highest BCUT2D eigenvalue weighted by atomic mass is 15.3. The number of hydrogen-bond acceptors (Lipinski definition) is 6. The lowest BCUT2D eigenvalue weighted by atomic mass is 10.0. The minimum Gasteiger partial charge on any atom is -0.367 e. The maximum Gasteiger partial charge on any atom is 0.116 e. The number of anilines is 1. The summed E-state index contributed by atoms with van der Waals surface area (Å²) in [6.45, 7) is 6.10. The molecule has 200 valence electrons. The molecule has 2 fully saturated rings. The van der Waals surface area contributed by atoms with E-state index >= 15 is 0 Å². The maximum atomic E-state index is 4.72. The van der Waals surface area contributed by atoms with Crippen LogP contribution in [0.3, 0.4) is 0 Å². The number of aromatic nitrogens is 5. The highest BCUT2D eigenvalue weighted by Gasteiger charge is 2.19. The van der Waals surface area contributed by atoms with Crippen molar-refractivity contribution in [3.63, 3.8) is 0 Å². The van der Waals surface area contributed by atoms with Crippen LogP contribution in [0.15, 0.2) is 55.1 Å². The first-order chi connectivity index (χ1) is 19.2. The molecule has 5 aromatic rings. The van der Waals surface area contributed by atoms with Crippen molar-refractivity contribution in [2.45, 2.75) is 32.2 Å². The summed E-state index contributed by atoms with van der Waals surface area (Å²) in [5.41, 5.74) is 8.66. The molecule has 1 aliphatic heterocycles. The number of benzene rings is 1. The fourth-order valence-corrected chi connectivity index (χ4v) is 6.24. The van der Waals surface area contributed by atoms with Gasteiger partial charge in [-0.05, 0) is 67.7 Å². The van der Waals surface area contributed by atoms with E-state index in [0.717, 1.165) is 84.1 Å². The lowest BCUT2D eigenvalue weighted by Crippen LogP contribution is -2.44. The van der Waals surface area contributed by atoms with Crippen molar-refractivity contribution in [1.82, 2.24) is 35.4 Å². The van der Waals surface area contributed by atoms with Gasteiger partial charge in [0.1, 0.15) is 5.69 Å². The van der Waals surface area contributed by atoms with Gasteiger partial charge in [-0.3, -0.25) is 15.1 Å². The summed E-state index contributed by atoms with van der Waals surface area (Å²) in [5, 5.41) is 13.9. The third-order valence-corrected chi connectivity index (χ3v) is 8.55. The van der Waals surface area contributed by atoms with E-state index in [1.807, 2.05) is 24.8 Å². The second-order valence-electron chi connectivity index (χ2n) is 11.3. The molecule has 5 heterocycles. The Bertz CT molecular complexity index is 1590. The van der Waals surface area contributed by atoms with E-state index in [1.54, 1.807) is 0 Å². The number of nitrogens with one attached hydrogen (secondary N) is 3. The van der Waals surface area contributed by atoms with Crippen molar-refractivity contribution in [2.24, 2.45) is 5.92 Å². The molecule has 3 N–H and O–H groups in total. The van der Waals surface area contributed by atoms with Gasteiger partial charge in [-0.1, -0.05) is 18.9 Å². The van der Waals surface area contributed by atoms with Gasteiger partial charge in [-0.2, -0.15) is 5.10 Å². The number of pyridine rings is 2. The van der Waals surface area contributed by atoms with Crippen LogP contribution in [-0.2, 0) is 6.54 Å². The molecule has 4 aromatic heterocycles. The van der Waals surface area contributed by atoms with Crippen LogP contribution in [0.1, 0.15) is 31.2 Å². The van der Waals surface area contributed by atoms with Crippen LogP contribution >= 0.6 is 0 Å². The summed E-state index contributed by atoms with van der Waals surface area (Å²) in [5.74, 6) is 0.834. The monoisotopic (exact) mass is 520 g/mol. The van der Waals surface area contributed by atoms with Crippen molar-refractivity contribution in [3.8, 4) is 22.5 Å². The molecule has 1 saturated carbocycles. The highest BCUT2D eigenvalue weighted by molar-refractivity contribution is 6.00. The average molecular weight is 521 g/mol. The molecule has 0 atom stereocenters. The number of nitrogens with zero attached hydrogens (tertiary/aromatic N) is 5. The predicted octanol–water partition coefficient (Wildman–Crippen LogP) is 5.20. The topological polar surface area (TPSA) is 88.8 Å². The minimum absolute atomic E-state index is 0.834. The summed E-state index contributed by atoms with van der Waals surface area (Å²) in [6, 6.07) is 11.0. The molecule has 8 nitrogen and oxygen atoms in total. The molecule has 0 bridgehead atoms. The number of likely N-dealkylation sites (N-methyl/N-ethyl adjacent to an activating group) is 1. The Morgan fingerprint density at radius 3 is 2.59 bits per heavy atom. The third kappa shape index (κ3) is 4.90. The van der Waals surface area contributed by atoms with E-state index in [0.29, 0.717) is 0 Å². The van der Waals surface area contributed by atoms with Crippen molar-refractivity contribution >= 4 is 27.5 Å². The molecular weight excluding hydrogens is 484 g/mol. The molecule has 1 aromatic carbocycles. The minimum atomic E-state index is 0.834. The van der Waals surface area contributed by atoms with E-state index in [4.69, 9.17) is 5.10 Å². The van der Waals surface area contributed by atoms with E-state index in [-0.39, 0.29) is 0 Å². The fraction of sp³-hybridized carbons (Fsp3) is 0.387. The van der Waals surface area contributed by atoms with Gasteiger partial charge in [0.15, 0.2) is 0 Å². The Morgan fingerprint density at radius 1 is 0.872 bits per heavy atom. The molecule has 1 aliphatic carbocycles. The smallest absolute Gasteiger partial charge is 0.116 e. The summed E-state index contributed by atoms with van der Waals surface area (Å²) >= 11 is 0. The Hall–Kier alpha value is -3.75. The number of H-pyrrole nitrogens is 2. The molecule has 1 saturated heterocycles. The van der Waals surface area contributed by atoms with Crippen LogP contribution in [-0.4, -0.2) is 69.8 Å². The molecule has 39 heavy (non-hydrogen) atoms. The van der Waals surface area contributed by atoms with Gasteiger partial charge in [-0.15, -0.1) is 0 Å². The molecule has 0 unspecified atom stereocenters. The second-order valence-corrected chi connectivity index (χ2v) is 11.3. The van der Waals surface area contributed by atoms with E-state index in [1.165, 1.54) is 42.3 Å². The van der Waals surface area contributed by atoms with Gasteiger partial charge >= 0.3 is 0 Å². The normalized spacial score (nSPS) is 17.1. The standard InChI is InChI=1S/C31H36N8/c1-38-8-10-39(11-9-38)30-20-34-19-29-25(30)14-28(35-29)31-26-13-23(6-7-27(26)36-37-31)24-12-22(17-33-18-24)16-32-15-21-4-2-3-5-21/h6-7,12-14,17-21,32,35H,2-5,8-11,15-16H2,1H3,(H,36,37). The van der Waals surface area contributed by atoms with Gasteiger partial charge in [0.25, 0.3) is 0 Å². The Balaban J connectivity index is 1.17. The van der Waals surface area contributed by atoms with Crippen molar-refractivity contribution in [2.75, 3.05) is 44.7 Å². The third-order valence-electron chi connectivity index (χ3n) is 8.55. The van der Waals surface area contributed by atoms with E-state index in [2.05, 4.69) is 72.5 Å². The molecular formula is C31H36N8. The van der Waals surface area contributed by atoms with Crippen LogP contribution in [0.25, 0.3) is 44.3 Å². The number of piperazine rings is 1. The maximum absolute atomic E-state index is 4.72. The SMILES string of the molecule is CN1CCN(c2cncc3[nH]c(-c4n[nH]c5ccc(-c6cncc(CNCC7CCCC7)c6)cc45)cc23)CC1. The first-order valence-corrected chi connectivity index (χ1v) is 14.2. The lowest BCUT2D eigenvalue weighted by Gasteiger charge is -2.34. The average Bonchev–Trinajstić information content (AvgIpc) is 3.73. The number of fused-ring (bicyclic) bond motifs is 2. The van der Waals surface area contributed by atoms with Gasteiger partial charge in [-0.25, -0.2) is 0 Å². The quantitative estimate of drug-likeness (QED) is 0.273. The summed E-state index contributed by atoms with van der Waals surface area (Å²) < 4.78 is 0. The summed E-state index contributed by atoms with van der Waals surface area (Å²) in [4.78, 5) is 17.5. The zero-order chi connectivity index (χ0) is 26.2. The van der Waals surface area contributed by atoms with Gasteiger partial charge in [0.05, 0.1) is 34.8 Å². The van der Waals surface area contributed by atoms with Gasteiger partial charge in [0, 0.05) is 61.5 Å². The molecule has 8 heteroatoms. The van der Waals surface area contributed by atoms with Gasteiger partial charge in [0.2, 0.25) is 0 Å². The van der Waals surface area contributed by atoms with E-state index < -0.39 is 0 Å². The van der Waals surface area contributed by atoms with Crippen molar-refractivity contribution in [3.05, 3.63) is 60.7 Å². The summed E-state index contributed by atoms with van der Waals surface area (Å²) in [6.07, 6.45) is 13.3. The van der Waals surface area contributed by atoms with Crippen LogP contribution in [0.2, 0.25) is 0 Å². The first-order valence-electron chi connectivity index (χ1n) is 14.2. The number of rotatable bonds is 7.